The summed E-state index contributed by atoms with van der Waals surface area (Å²) in [5.41, 5.74) is 5.14. The highest BCUT2D eigenvalue weighted by molar-refractivity contribution is 5.95. The molecule has 0 spiro atoms. The SMILES string of the molecule is CC(CC(=O)N(C)c1cccc(C(=O)O)c1)NC(=O)OCC1c2ccccc2-c2ccccc21. The highest BCUT2D eigenvalue weighted by atomic mass is 16.5. The van der Waals surface area contributed by atoms with Crippen LogP contribution in [0.25, 0.3) is 11.1 Å². The molecule has 0 fully saturated rings. The van der Waals surface area contributed by atoms with Gasteiger partial charge in [-0.3, -0.25) is 4.79 Å². The maximum atomic E-state index is 12.6. The van der Waals surface area contributed by atoms with Gasteiger partial charge in [0.15, 0.2) is 0 Å². The van der Waals surface area contributed by atoms with E-state index in [2.05, 4.69) is 29.6 Å². The summed E-state index contributed by atoms with van der Waals surface area (Å²) in [6.45, 7) is 1.92. The molecular formula is C27H26N2O5. The lowest BCUT2D eigenvalue weighted by Crippen LogP contribution is -2.38. The predicted molar refractivity (Wildman–Crippen MR) is 129 cm³/mol. The molecule has 3 aromatic rings. The maximum Gasteiger partial charge on any atom is 0.407 e. The number of carbonyl (C=O) groups is 3. The Morgan fingerprint density at radius 1 is 0.971 bits per heavy atom. The summed E-state index contributed by atoms with van der Waals surface area (Å²) in [5.74, 6) is -1.36. The fourth-order valence-electron chi connectivity index (χ4n) is 4.28. The fourth-order valence-corrected chi connectivity index (χ4v) is 4.28. The number of carboxylic acids is 1. The van der Waals surface area contributed by atoms with Crippen molar-refractivity contribution in [1.29, 1.82) is 0 Å². The van der Waals surface area contributed by atoms with Crippen molar-refractivity contribution in [2.75, 3.05) is 18.6 Å². The van der Waals surface area contributed by atoms with Gasteiger partial charge in [-0.05, 0) is 47.4 Å². The molecule has 2 N–H and O–H groups in total. The zero-order chi connectivity index (χ0) is 24.2. The molecule has 0 aliphatic heterocycles. The van der Waals surface area contributed by atoms with Crippen LogP contribution in [0.15, 0.2) is 72.8 Å². The van der Waals surface area contributed by atoms with Gasteiger partial charge in [0.2, 0.25) is 5.91 Å². The number of nitrogens with one attached hydrogen (secondary N) is 1. The number of hydrogen-bond donors (Lipinski definition) is 2. The molecular weight excluding hydrogens is 432 g/mol. The second-order valence-electron chi connectivity index (χ2n) is 8.38. The molecule has 0 aromatic heterocycles. The second-order valence-corrected chi connectivity index (χ2v) is 8.38. The molecule has 0 saturated heterocycles. The summed E-state index contributed by atoms with van der Waals surface area (Å²) < 4.78 is 5.54. The molecule has 174 valence electrons. The summed E-state index contributed by atoms with van der Waals surface area (Å²) in [6, 6.07) is 21.9. The number of alkyl carbamates (subject to hydrolysis) is 1. The van der Waals surface area contributed by atoms with Crippen molar-refractivity contribution in [3.8, 4) is 11.1 Å². The fraction of sp³-hybridized carbons (Fsp3) is 0.222. The van der Waals surface area contributed by atoms with Crippen molar-refractivity contribution in [2.45, 2.75) is 25.3 Å². The molecule has 7 heteroatoms. The Kier molecular flexibility index (Phi) is 6.63. The molecule has 7 nitrogen and oxygen atoms in total. The molecule has 2 amide bonds. The third-order valence-corrected chi connectivity index (χ3v) is 6.04. The standard InChI is InChI=1S/C27H26N2O5/c1-17(14-25(30)29(2)19-9-7-8-18(15-19)26(31)32)28-27(33)34-16-24-22-12-5-3-10-20(22)21-11-4-6-13-23(21)24/h3-13,15,17,24H,14,16H2,1-2H3,(H,28,33)(H,31,32). The second kappa shape index (κ2) is 9.79. The molecule has 1 unspecified atom stereocenters. The Bertz CT molecular complexity index is 1190. The normalized spacial score (nSPS) is 12.9. The molecule has 34 heavy (non-hydrogen) atoms. The molecule has 0 bridgehead atoms. The van der Waals surface area contributed by atoms with Gasteiger partial charge < -0.3 is 20.1 Å². The average molecular weight is 459 g/mol. The first-order chi connectivity index (χ1) is 16.3. The van der Waals surface area contributed by atoms with E-state index in [0.29, 0.717) is 5.69 Å². The zero-order valence-electron chi connectivity index (χ0n) is 19.0. The molecule has 0 radical (unpaired) electrons. The van der Waals surface area contributed by atoms with E-state index in [1.807, 2.05) is 24.3 Å². The van der Waals surface area contributed by atoms with Gasteiger partial charge in [-0.25, -0.2) is 9.59 Å². The van der Waals surface area contributed by atoms with Gasteiger partial charge in [-0.1, -0.05) is 54.6 Å². The lowest BCUT2D eigenvalue weighted by molar-refractivity contribution is -0.118. The van der Waals surface area contributed by atoms with E-state index in [0.717, 1.165) is 22.3 Å². The minimum Gasteiger partial charge on any atom is -0.478 e. The Hall–Kier alpha value is -4.13. The molecule has 1 aliphatic rings. The first kappa shape index (κ1) is 23.0. The third kappa shape index (κ3) is 4.78. The minimum atomic E-state index is -1.06. The summed E-state index contributed by atoms with van der Waals surface area (Å²) in [7, 11) is 1.57. The number of hydrogen-bond acceptors (Lipinski definition) is 4. The largest absolute Gasteiger partial charge is 0.478 e. The van der Waals surface area contributed by atoms with Crippen molar-refractivity contribution in [3.05, 3.63) is 89.5 Å². The van der Waals surface area contributed by atoms with Crippen LogP contribution in [0.1, 0.15) is 40.7 Å². The predicted octanol–water partition coefficient (Wildman–Crippen LogP) is 4.66. The van der Waals surface area contributed by atoms with Crippen LogP contribution in [0, 0.1) is 0 Å². The van der Waals surface area contributed by atoms with Gasteiger partial charge >= 0.3 is 12.1 Å². The molecule has 3 aromatic carbocycles. The van der Waals surface area contributed by atoms with E-state index in [4.69, 9.17) is 9.84 Å². The summed E-state index contributed by atoms with van der Waals surface area (Å²) in [5, 5.41) is 11.9. The first-order valence-corrected chi connectivity index (χ1v) is 11.1. The van der Waals surface area contributed by atoms with Gasteiger partial charge in [0.05, 0.1) is 5.56 Å². The smallest absolute Gasteiger partial charge is 0.407 e. The molecule has 0 heterocycles. The van der Waals surface area contributed by atoms with Crippen molar-refractivity contribution < 1.29 is 24.2 Å². The van der Waals surface area contributed by atoms with Gasteiger partial charge in [0.1, 0.15) is 6.61 Å². The lowest BCUT2D eigenvalue weighted by Gasteiger charge is -2.21. The van der Waals surface area contributed by atoms with Crippen LogP contribution in [0.5, 0.6) is 0 Å². The van der Waals surface area contributed by atoms with Crippen LogP contribution >= 0.6 is 0 Å². The van der Waals surface area contributed by atoms with Gasteiger partial charge in [-0.2, -0.15) is 0 Å². The average Bonchev–Trinajstić information content (AvgIpc) is 3.16. The van der Waals surface area contributed by atoms with Gasteiger partial charge in [0.25, 0.3) is 0 Å². The van der Waals surface area contributed by atoms with Crippen LogP contribution in [-0.2, 0) is 9.53 Å². The first-order valence-electron chi connectivity index (χ1n) is 11.1. The highest BCUT2D eigenvalue weighted by Crippen LogP contribution is 2.44. The number of rotatable bonds is 7. The summed E-state index contributed by atoms with van der Waals surface area (Å²) in [4.78, 5) is 37.6. The van der Waals surface area contributed by atoms with Crippen molar-refractivity contribution in [1.82, 2.24) is 5.32 Å². The van der Waals surface area contributed by atoms with Crippen LogP contribution < -0.4 is 10.2 Å². The number of benzene rings is 3. The van der Waals surface area contributed by atoms with Crippen molar-refractivity contribution in [3.63, 3.8) is 0 Å². The van der Waals surface area contributed by atoms with E-state index >= 15 is 0 Å². The highest BCUT2D eigenvalue weighted by Gasteiger charge is 2.29. The number of carbonyl (C=O) groups excluding carboxylic acids is 2. The van der Waals surface area contributed by atoms with E-state index in [1.165, 1.54) is 17.0 Å². The Balaban J connectivity index is 1.33. The van der Waals surface area contributed by atoms with E-state index in [9.17, 15) is 14.4 Å². The molecule has 1 atom stereocenters. The number of ether oxygens (including phenoxy) is 1. The van der Waals surface area contributed by atoms with Crippen LogP contribution in [0.4, 0.5) is 10.5 Å². The Morgan fingerprint density at radius 2 is 1.59 bits per heavy atom. The van der Waals surface area contributed by atoms with Crippen molar-refractivity contribution >= 4 is 23.7 Å². The lowest BCUT2D eigenvalue weighted by atomic mass is 9.98. The number of amides is 2. The molecule has 1 aliphatic carbocycles. The molecule has 0 saturated carbocycles. The van der Waals surface area contributed by atoms with Crippen LogP contribution in [-0.4, -0.2) is 42.8 Å². The number of anilines is 1. The topological polar surface area (TPSA) is 95.9 Å². The monoisotopic (exact) mass is 458 g/mol. The Labute approximate surface area is 198 Å². The number of fused-ring (bicyclic) bond motifs is 3. The third-order valence-electron chi connectivity index (χ3n) is 6.04. The van der Waals surface area contributed by atoms with Crippen molar-refractivity contribution in [2.24, 2.45) is 0 Å². The van der Waals surface area contributed by atoms with Crippen LogP contribution in [0.2, 0.25) is 0 Å². The Morgan fingerprint density at radius 3 is 2.21 bits per heavy atom. The van der Waals surface area contributed by atoms with E-state index in [-0.39, 0.29) is 30.4 Å². The summed E-state index contributed by atoms with van der Waals surface area (Å²) >= 11 is 0. The number of nitrogens with zero attached hydrogens (tertiary/aromatic N) is 1. The van der Waals surface area contributed by atoms with Crippen LogP contribution in [0.3, 0.4) is 0 Å². The van der Waals surface area contributed by atoms with Gasteiger partial charge in [-0.15, -0.1) is 0 Å². The molecule has 4 rings (SSSR count). The number of aromatic carboxylic acids is 1. The van der Waals surface area contributed by atoms with E-state index in [1.54, 1.807) is 26.1 Å². The summed E-state index contributed by atoms with van der Waals surface area (Å²) in [6.07, 6.45) is -0.546. The van der Waals surface area contributed by atoms with Gasteiger partial charge in [0, 0.05) is 31.1 Å². The maximum absolute atomic E-state index is 12.6. The van der Waals surface area contributed by atoms with E-state index < -0.39 is 18.1 Å². The number of carboxylic acid groups (broad SMARTS) is 1. The quantitative estimate of drug-likeness (QED) is 0.537. The zero-order valence-corrected chi connectivity index (χ0v) is 19.0. The minimum absolute atomic E-state index is 0.0391.